The molecule has 0 aliphatic carbocycles. The summed E-state index contributed by atoms with van der Waals surface area (Å²) in [6, 6.07) is 19.2. The summed E-state index contributed by atoms with van der Waals surface area (Å²) in [6.07, 6.45) is 1.22. The number of nitrogens with one attached hydrogen (secondary N) is 1. The van der Waals surface area contributed by atoms with E-state index in [1.807, 2.05) is 26.2 Å². The minimum atomic E-state index is -2.25. The van der Waals surface area contributed by atoms with Crippen LogP contribution in [0, 0.1) is 0 Å². The summed E-state index contributed by atoms with van der Waals surface area (Å²) in [5, 5.41) is 3.87. The highest BCUT2D eigenvalue weighted by atomic mass is 35.5. The van der Waals surface area contributed by atoms with E-state index in [-0.39, 0.29) is 17.9 Å². The van der Waals surface area contributed by atoms with Crippen molar-refractivity contribution in [2.45, 2.75) is 25.4 Å². The maximum Gasteiger partial charge on any atom is 0.261 e. The van der Waals surface area contributed by atoms with Crippen molar-refractivity contribution in [3.05, 3.63) is 99.0 Å². The zero-order chi connectivity index (χ0) is 29.4. The van der Waals surface area contributed by atoms with E-state index in [4.69, 9.17) is 23.2 Å². The number of anilines is 1. The van der Waals surface area contributed by atoms with Gasteiger partial charge in [-0.15, -0.1) is 0 Å². The van der Waals surface area contributed by atoms with Gasteiger partial charge in [0.15, 0.2) is 0 Å². The van der Waals surface area contributed by atoms with E-state index >= 15 is 0 Å². The third kappa shape index (κ3) is 8.52. The topological polar surface area (TPSA) is 93.2 Å². The van der Waals surface area contributed by atoms with Gasteiger partial charge in [-0.3, -0.25) is 18.4 Å². The van der Waals surface area contributed by atoms with E-state index in [0.29, 0.717) is 52.8 Å². The predicted octanol–water partition coefficient (Wildman–Crippen LogP) is 5.13. The van der Waals surface area contributed by atoms with Crippen LogP contribution in [0.4, 0.5) is 5.69 Å². The van der Waals surface area contributed by atoms with Gasteiger partial charge in [-0.2, -0.15) is 0 Å². The second-order valence-electron chi connectivity index (χ2n) is 9.78. The third-order valence-corrected chi connectivity index (χ3v) is 8.18. The molecule has 3 aromatic carbocycles. The molecule has 0 spiro atoms. The molecule has 2 unspecified atom stereocenters. The Morgan fingerprint density at radius 3 is 2.12 bits per heavy atom. The second kappa shape index (κ2) is 14.6. The number of rotatable bonds is 12. The Kier molecular flexibility index (Phi) is 11.5. The number of benzene rings is 3. The summed E-state index contributed by atoms with van der Waals surface area (Å²) < 4.78 is 23.6. The van der Waals surface area contributed by atoms with E-state index in [1.54, 1.807) is 68.7 Å². The van der Waals surface area contributed by atoms with Gasteiger partial charge in [0.05, 0.1) is 15.7 Å². The lowest BCUT2D eigenvalue weighted by molar-refractivity contribution is 0.0827. The molecular weight excluding hydrogens is 571 g/mol. The zero-order valence-electron chi connectivity index (χ0n) is 22.9. The molecule has 0 aliphatic heterocycles. The highest BCUT2D eigenvalue weighted by molar-refractivity contribution is 7.80. The average molecular weight is 606 g/mol. The average Bonchev–Trinajstić information content (AvgIpc) is 2.93. The van der Waals surface area contributed by atoms with Crippen LogP contribution in [-0.2, 0) is 24.2 Å². The van der Waals surface area contributed by atoms with Gasteiger partial charge in [0.1, 0.15) is 0 Å². The molecule has 3 rings (SSSR count). The molecule has 0 saturated heterocycles. The first kappa shape index (κ1) is 31.6. The molecule has 2 atom stereocenters. The second-order valence-corrected chi connectivity index (χ2v) is 11.5. The Labute approximate surface area is 248 Å². The summed E-state index contributed by atoms with van der Waals surface area (Å²) in [5.41, 5.74) is 3.30. The van der Waals surface area contributed by atoms with Crippen LogP contribution in [0.15, 0.2) is 66.7 Å². The van der Waals surface area contributed by atoms with Crippen LogP contribution in [0.5, 0.6) is 0 Å². The predicted molar refractivity (Wildman–Crippen MR) is 162 cm³/mol. The fourth-order valence-corrected chi connectivity index (χ4v) is 5.11. The van der Waals surface area contributed by atoms with Gasteiger partial charge in [0.2, 0.25) is 0 Å². The first-order valence-electron chi connectivity index (χ1n) is 12.6. The quantitative estimate of drug-likeness (QED) is 0.279. The fraction of sp³-hybridized carbons (Fsp3) is 0.310. The third-order valence-electron chi connectivity index (χ3n) is 6.55. The number of carbonyl (C=O) groups excluding carboxylic acids is 2. The van der Waals surface area contributed by atoms with Crippen molar-refractivity contribution >= 4 is 52.0 Å². The fourth-order valence-electron chi connectivity index (χ4n) is 4.15. The Hall–Kier alpha value is -2.95. The van der Waals surface area contributed by atoms with Crippen molar-refractivity contribution in [3.63, 3.8) is 0 Å². The molecule has 0 heterocycles. The molecule has 2 amide bonds. The van der Waals surface area contributed by atoms with Crippen molar-refractivity contribution in [2.24, 2.45) is 0 Å². The number of amides is 2. The summed E-state index contributed by atoms with van der Waals surface area (Å²) >= 11 is 10.3. The van der Waals surface area contributed by atoms with Crippen LogP contribution in [0.2, 0.25) is 10.0 Å². The number of hydrogen-bond acceptors (Lipinski definition) is 4. The van der Waals surface area contributed by atoms with Crippen molar-refractivity contribution in [1.29, 1.82) is 0 Å². The monoisotopic (exact) mass is 604 g/mol. The smallest absolute Gasteiger partial charge is 0.261 e. The first-order chi connectivity index (χ1) is 19.0. The molecule has 214 valence electrons. The first-order valence-corrected chi connectivity index (χ1v) is 14.5. The molecule has 3 aromatic rings. The Bertz CT molecular complexity index is 1330. The van der Waals surface area contributed by atoms with Gasteiger partial charge in [-0.05, 0) is 80.5 Å². The summed E-state index contributed by atoms with van der Waals surface area (Å²) in [7, 11) is 7.29. The number of carbonyl (C=O) groups is 2. The van der Waals surface area contributed by atoms with Gasteiger partial charge in [-0.25, -0.2) is 4.21 Å². The van der Waals surface area contributed by atoms with Crippen molar-refractivity contribution in [2.75, 3.05) is 39.0 Å². The Balaban J connectivity index is 1.61. The van der Waals surface area contributed by atoms with E-state index in [2.05, 4.69) is 10.2 Å². The Morgan fingerprint density at radius 1 is 0.925 bits per heavy atom. The minimum Gasteiger partial charge on any atom is -0.348 e. The Morgan fingerprint density at radius 2 is 1.55 bits per heavy atom. The highest BCUT2D eigenvalue weighted by Crippen LogP contribution is 2.28. The van der Waals surface area contributed by atoms with Gasteiger partial charge in [-0.1, -0.05) is 47.5 Å². The molecule has 40 heavy (non-hydrogen) atoms. The van der Waals surface area contributed by atoms with Gasteiger partial charge in [0, 0.05) is 44.4 Å². The van der Waals surface area contributed by atoms with Crippen molar-refractivity contribution < 1.29 is 18.4 Å². The van der Waals surface area contributed by atoms with Crippen LogP contribution in [0.3, 0.4) is 0 Å². The van der Waals surface area contributed by atoms with Crippen molar-refractivity contribution in [1.82, 2.24) is 15.1 Å². The molecule has 0 saturated carbocycles. The molecule has 8 nitrogen and oxygen atoms in total. The van der Waals surface area contributed by atoms with Crippen LogP contribution in [0.25, 0.3) is 0 Å². The summed E-state index contributed by atoms with van der Waals surface area (Å²) in [6.45, 7) is 0.606. The zero-order valence-corrected chi connectivity index (χ0v) is 25.3. The van der Waals surface area contributed by atoms with Crippen molar-refractivity contribution in [3.8, 4) is 0 Å². The lowest BCUT2D eigenvalue weighted by atomic mass is 10.0. The van der Waals surface area contributed by atoms with E-state index < -0.39 is 11.3 Å². The maximum atomic E-state index is 12.7. The van der Waals surface area contributed by atoms with E-state index in [9.17, 15) is 18.4 Å². The van der Waals surface area contributed by atoms with E-state index in [0.717, 1.165) is 11.1 Å². The molecule has 0 bridgehead atoms. The summed E-state index contributed by atoms with van der Waals surface area (Å²) in [5.74, 6) is -0.362. The molecule has 0 radical (unpaired) electrons. The van der Waals surface area contributed by atoms with Crippen LogP contribution in [-0.4, -0.2) is 71.2 Å². The van der Waals surface area contributed by atoms with Crippen LogP contribution < -0.4 is 9.62 Å². The summed E-state index contributed by atoms with van der Waals surface area (Å²) in [4.78, 5) is 28.3. The number of halogens is 2. The lowest BCUT2D eigenvalue weighted by Crippen LogP contribution is -2.36. The molecular formula is C29H34Cl2N4O4S. The molecule has 0 aliphatic rings. The van der Waals surface area contributed by atoms with Gasteiger partial charge >= 0.3 is 0 Å². The highest BCUT2D eigenvalue weighted by Gasteiger charge is 2.20. The number of likely N-dealkylation sites (N-methyl/N-ethyl adjacent to an activating group) is 1. The van der Waals surface area contributed by atoms with E-state index in [1.165, 1.54) is 9.21 Å². The number of nitrogens with zero attached hydrogens (tertiary/aromatic N) is 3. The normalized spacial score (nSPS) is 12.6. The van der Waals surface area contributed by atoms with Crippen LogP contribution >= 0.6 is 23.2 Å². The van der Waals surface area contributed by atoms with Crippen LogP contribution in [0.1, 0.15) is 38.3 Å². The molecule has 2 N–H and O–H groups in total. The standard InChI is InChI=1S/C29H34Cl2N4O4S/c1-33(2)25(18-23-6-5-7-26(30)27(23)31)16-17-35(40(38)39)24-14-12-21(13-15-24)28(36)32-19-20-8-10-22(11-9-20)29(37)34(3)4/h5-15,25H,16-19H2,1-4H3,(H,32,36)(H,38,39). The van der Waals surface area contributed by atoms with Gasteiger partial charge in [0.25, 0.3) is 23.1 Å². The largest absolute Gasteiger partial charge is 0.348 e. The lowest BCUT2D eigenvalue weighted by Gasteiger charge is -2.28. The minimum absolute atomic E-state index is 0.0436. The molecule has 11 heteroatoms. The maximum absolute atomic E-state index is 12.7. The number of hydrogen-bond donors (Lipinski definition) is 2. The SMILES string of the molecule is CN(C)C(=O)c1ccc(CNC(=O)c2ccc(N(CCC(Cc3cccc(Cl)c3Cl)N(C)C)S(=O)O)cc2)cc1. The molecule has 0 aromatic heterocycles. The van der Waals surface area contributed by atoms with Gasteiger partial charge < -0.3 is 15.1 Å². The molecule has 0 fully saturated rings.